The second-order valence-electron chi connectivity index (χ2n) is 4.00. The van der Waals surface area contributed by atoms with Crippen LogP contribution in [0.5, 0.6) is 0 Å². The zero-order valence-electron chi connectivity index (χ0n) is 10.5. The number of rotatable bonds is 3. The van der Waals surface area contributed by atoms with Crippen molar-refractivity contribution in [1.29, 1.82) is 0 Å². The second-order valence-corrected chi connectivity index (χ2v) is 4.00. The first-order valence-corrected chi connectivity index (χ1v) is 5.66. The van der Waals surface area contributed by atoms with E-state index in [1.807, 2.05) is 0 Å². The minimum absolute atomic E-state index is 0.0776. The summed E-state index contributed by atoms with van der Waals surface area (Å²) < 4.78 is 1.36. The van der Waals surface area contributed by atoms with Crippen LogP contribution in [0.3, 0.4) is 0 Å². The Hall–Kier alpha value is -2.69. The Kier molecular flexibility index (Phi) is 3.29. The molecule has 0 aliphatic heterocycles. The molecule has 0 aromatic carbocycles. The highest BCUT2D eigenvalue weighted by molar-refractivity contribution is 5.93. The smallest absolute Gasteiger partial charge is 0.269 e. The largest absolute Gasteiger partial charge is 0.365 e. The van der Waals surface area contributed by atoms with Crippen LogP contribution in [0.2, 0.25) is 0 Å². The SMILES string of the molecule is C=Cc1cc(C(N)=O)c(=O)n(-c2ccccn2)c1C. The van der Waals surface area contributed by atoms with E-state index in [1.165, 1.54) is 10.6 Å². The average molecular weight is 255 g/mol. The Morgan fingerprint density at radius 2 is 2.21 bits per heavy atom. The molecular weight excluding hydrogens is 242 g/mol. The summed E-state index contributed by atoms with van der Waals surface area (Å²) in [6.07, 6.45) is 3.15. The normalized spacial score (nSPS) is 10.2. The van der Waals surface area contributed by atoms with Crippen molar-refractivity contribution >= 4 is 12.0 Å². The van der Waals surface area contributed by atoms with Crippen LogP contribution in [0.4, 0.5) is 0 Å². The average Bonchev–Trinajstić information content (AvgIpc) is 2.40. The third-order valence-corrected chi connectivity index (χ3v) is 2.85. The van der Waals surface area contributed by atoms with Gasteiger partial charge in [0.1, 0.15) is 11.4 Å². The van der Waals surface area contributed by atoms with E-state index < -0.39 is 11.5 Å². The first-order valence-electron chi connectivity index (χ1n) is 5.66. The zero-order chi connectivity index (χ0) is 14.0. The van der Waals surface area contributed by atoms with E-state index >= 15 is 0 Å². The molecule has 0 radical (unpaired) electrons. The van der Waals surface area contributed by atoms with Crippen molar-refractivity contribution in [3.05, 3.63) is 64.2 Å². The highest BCUT2D eigenvalue weighted by Gasteiger charge is 2.15. The third-order valence-electron chi connectivity index (χ3n) is 2.85. The van der Waals surface area contributed by atoms with Gasteiger partial charge in [-0.25, -0.2) is 4.98 Å². The van der Waals surface area contributed by atoms with Crippen LogP contribution in [-0.4, -0.2) is 15.5 Å². The van der Waals surface area contributed by atoms with Gasteiger partial charge in [-0.2, -0.15) is 0 Å². The molecule has 2 aromatic rings. The van der Waals surface area contributed by atoms with Crippen LogP contribution >= 0.6 is 0 Å². The molecular formula is C14H13N3O2. The number of primary amides is 1. The number of hydrogen-bond donors (Lipinski definition) is 1. The number of carbonyl (C=O) groups excluding carboxylic acids is 1. The molecule has 5 heteroatoms. The lowest BCUT2D eigenvalue weighted by molar-refractivity contribution is 0.0998. The number of aromatic nitrogens is 2. The molecule has 96 valence electrons. The van der Waals surface area contributed by atoms with Gasteiger partial charge in [0.15, 0.2) is 0 Å². The van der Waals surface area contributed by atoms with Crippen molar-refractivity contribution in [3.63, 3.8) is 0 Å². The molecule has 2 heterocycles. The third kappa shape index (κ3) is 2.18. The molecule has 0 unspecified atom stereocenters. The minimum Gasteiger partial charge on any atom is -0.365 e. The summed E-state index contributed by atoms with van der Waals surface area (Å²) in [4.78, 5) is 27.7. The van der Waals surface area contributed by atoms with Crippen molar-refractivity contribution < 1.29 is 4.79 Å². The number of carbonyl (C=O) groups is 1. The molecule has 0 atom stereocenters. The summed E-state index contributed by atoms with van der Waals surface area (Å²) in [6, 6.07) is 6.65. The lowest BCUT2D eigenvalue weighted by Gasteiger charge is -2.13. The fourth-order valence-electron chi connectivity index (χ4n) is 1.87. The number of pyridine rings is 2. The van der Waals surface area contributed by atoms with Gasteiger partial charge in [-0.05, 0) is 30.7 Å². The van der Waals surface area contributed by atoms with Gasteiger partial charge >= 0.3 is 0 Å². The molecule has 0 aliphatic rings. The molecule has 2 rings (SSSR count). The molecule has 0 saturated heterocycles. The Morgan fingerprint density at radius 1 is 1.47 bits per heavy atom. The van der Waals surface area contributed by atoms with E-state index in [-0.39, 0.29) is 5.56 Å². The standard InChI is InChI=1S/C14H13N3O2/c1-3-10-8-11(13(15)18)14(19)17(9(10)2)12-6-4-5-7-16-12/h3-8H,1H2,2H3,(H2,15,18). The Morgan fingerprint density at radius 3 is 2.74 bits per heavy atom. The number of nitrogens with two attached hydrogens (primary N) is 1. The Bertz CT molecular complexity index is 703. The van der Waals surface area contributed by atoms with Crippen molar-refractivity contribution in [1.82, 2.24) is 9.55 Å². The van der Waals surface area contributed by atoms with E-state index in [2.05, 4.69) is 11.6 Å². The lowest BCUT2D eigenvalue weighted by atomic mass is 10.1. The molecule has 0 aliphatic carbocycles. The summed E-state index contributed by atoms with van der Waals surface area (Å²) >= 11 is 0. The van der Waals surface area contributed by atoms with Crippen molar-refractivity contribution in [2.45, 2.75) is 6.92 Å². The predicted octanol–water partition coefficient (Wildman–Crippen LogP) is 1.28. The summed E-state index contributed by atoms with van der Waals surface area (Å²) in [5.74, 6) is -0.325. The van der Waals surface area contributed by atoms with Gasteiger partial charge in [-0.15, -0.1) is 0 Å². The lowest BCUT2D eigenvalue weighted by Crippen LogP contribution is -2.31. The molecule has 2 N–H and O–H groups in total. The zero-order valence-corrected chi connectivity index (χ0v) is 10.5. The van der Waals surface area contributed by atoms with Crippen LogP contribution in [0, 0.1) is 6.92 Å². The summed E-state index contributed by atoms with van der Waals surface area (Å²) in [5, 5.41) is 0. The maximum absolute atomic E-state index is 12.3. The van der Waals surface area contributed by atoms with Gasteiger partial charge < -0.3 is 5.73 Å². The maximum atomic E-state index is 12.3. The molecule has 5 nitrogen and oxygen atoms in total. The fraction of sp³-hybridized carbons (Fsp3) is 0.0714. The molecule has 0 bridgehead atoms. The quantitative estimate of drug-likeness (QED) is 0.897. The summed E-state index contributed by atoms with van der Waals surface area (Å²) in [5.41, 5.74) is 6.00. The topological polar surface area (TPSA) is 78.0 Å². The molecule has 1 amide bonds. The van der Waals surface area contributed by atoms with Gasteiger partial charge in [0, 0.05) is 11.9 Å². The van der Waals surface area contributed by atoms with Crippen LogP contribution in [0.1, 0.15) is 21.6 Å². The fourth-order valence-corrected chi connectivity index (χ4v) is 1.87. The van der Waals surface area contributed by atoms with Crippen molar-refractivity contribution in [3.8, 4) is 5.82 Å². The van der Waals surface area contributed by atoms with E-state index in [0.717, 1.165) is 0 Å². The van der Waals surface area contributed by atoms with Gasteiger partial charge in [0.05, 0.1) is 0 Å². The second kappa shape index (κ2) is 4.89. The van der Waals surface area contributed by atoms with Gasteiger partial charge in [0.25, 0.3) is 11.5 Å². The molecule has 0 spiro atoms. The highest BCUT2D eigenvalue weighted by atomic mass is 16.2. The van der Waals surface area contributed by atoms with Crippen LogP contribution in [0.15, 0.2) is 41.8 Å². The first kappa shape index (κ1) is 12.8. The molecule has 0 fully saturated rings. The Labute approximate surface area is 110 Å². The molecule has 0 saturated carbocycles. The van der Waals surface area contributed by atoms with Gasteiger partial charge in [0.2, 0.25) is 0 Å². The van der Waals surface area contributed by atoms with Crippen molar-refractivity contribution in [2.24, 2.45) is 5.73 Å². The predicted molar refractivity (Wildman–Crippen MR) is 73.2 cm³/mol. The van der Waals surface area contributed by atoms with Crippen LogP contribution < -0.4 is 11.3 Å². The van der Waals surface area contributed by atoms with Gasteiger partial charge in [-0.3, -0.25) is 14.2 Å². The molecule has 19 heavy (non-hydrogen) atoms. The van der Waals surface area contributed by atoms with Gasteiger partial charge in [-0.1, -0.05) is 18.7 Å². The van der Waals surface area contributed by atoms with Crippen molar-refractivity contribution in [2.75, 3.05) is 0 Å². The van der Waals surface area contributed by atoms with Crippen LogP contribution in [0.25, 0.3) is 11.9 Å². The monoisotopic (exact) mass is 255 g/mol. The maximum Gasteiger partial charge on any atom is 0.269 e. The van der Waals surface area contributed by atoms with Crippen LogP contribution in [-0.2, 0) is 0 Å². The minimum atomic E-state index is -0.766. The van der Waals surface area contributed by atoms with E-state index in [1.54, 1.807) is 37.4 Å². The Balaban J connectivity index is 2.87. The van der Waals surface area contributed by atoms with E-state index in [4.69, 9.17) is 5.73 Å². The number of hydrogen-bond acceptors (Lipinski definition) is 3. The summed E-state index contributed by atoms with van der Waals surface area (Å²) in [6.45, 7) is 5.43. The van der Waals surface area contributed by atoms with E-state index in [0.29, 0.717) is 17.1 Å². The highest BCUT2D eigenvalue weighted by Crippen LogP contribution is 2.13. The summed E-state index contributed by atoms with van der Waals surface area (Å²) in [7, 11) is 0. The molecule has 2 aromatic heterocycles. The number of nitrogens with zero attached hydrogens (tertiary/aromatic N) is 2. The first-order chi connectivity index (χ1) is 9.06. The van der Waals surface area contributed by atoms with E-state index in [9.17, 15) is 9.59 Å². The number of amides is 1.